The van der Waals surface area contributed by atoms with E-state index < -0.39 is 29.5 Å². The summed E-state index contributed by atoms with van der Waals surface area (Å²) >= 11 is 0. The minimum atomic E-state index is -1.22. The number of pyridine rings is 2. The van der Waals surface area contributed by atoms with Gasteiger partial charge in [0.05, 0.1) is 18.3 Å². The maximum absolute atomic E-state index is 14.4. The van der Waals surface area contributed by atoms with E-state index in [2.05, 4.69) is 20.3 Å². The summed E-state index contributed by atoms with van der Waals surface area (Å²) in [7, 11) is 6.19. The van der Waals surface area contributed by atoms with Crippen molar-refractivity contribution in [2.75, 3.05) is 33.5 Å². The van der Waals surface area contributed by atoms with E-state index >= 15 is 0 Å². The first kappa shape index (κ1) is 31.0. The van der Waals surface area contributed by atoms with Gasteiger partial charge in [-0.25, -0.2) is 19.2 Å². The molecule has 12 nitrogen and oxygen atoms in total. The predicted molar refractivity (Wildman–Crippen MR) is 152 cm³/mol. The van der Waals surface area contributed by atoms with Crippen LogP contribution in [0, 0.1) is 11.7 Å². The fourth-order valence-electron chi connectivity index (χ4n) is 3.90. The molecule has 0 aromatic carbocycles. The number of aromatic nitrogens is 4. The molecule has 0 saturated carbocycles. The molecule has 3 aromatic rings. The van der Waals surface area contributed by atoms with Crippen LogP contribution >= 0.6 is 0 Å². The maximum atomic E-state index is 14.4. The molecule has 3 rings (SSSR count). The van der Waals surface area contributed by atoms with Crippen molar-refractivity contribution in [3.63, 3.8) is 0 Å². The second-order valence-electron chi connectivity index (χ2n) is 10.4. The van der Waals surface area contributed by atoms with Gasteiger partial charge in [0.15, 0.2) is 11.8 Å². The van der Waals surface area contributed by atoms with Gasteiger partial charge in [-0.3, -0.25) is 14.4 Å². The molecule has 1 unspecified atom stereocenters. The van der Waals surface area contributed by atoms with E-state index in [1.165, 1.54) is 46.8 Å². The summed E-state index contributed by atoms with van der Waals surface area (Å²) in [6.07, 6.45) is 4.54. The van der Waals surface area contributed by atoms with Gasteiger partial charge in [0.25, 0.3) is 11.5 Å². The molecular formula is C28H36FN7O5. The molecule has 3 aromatic heterocycles. The quantitative estimate of drug-likeness (QED) is 0.338. The predicted octanol–water partition coefficient (Wildman–Crippen LogP) is 2.94. The van der Waals surface area contributed by atoms with Crippen LogP contribution in [0.4, 0.5) is 14.9 Å². The molecule has 0 saturated heterocycles. The van der Waals surface area contributed by atoms with E-state index in [1.54, 1.807) is 26.2 Å². The second kappa shape index (κ2) is 13.7. The SMILES string of the molecule is CC(C)Cc1c(F)cnc2nc(Cn3cccc(NC(=O)C(CC/C=C/C(=O)N(C)C)OC(=O)N(C)C)c3=O)[nH]c12. The highest BCUT2D eigenvalue weighted by Crippen LogP contribution is 2.21. The zero-order valence-corrected chi connectivity index (χ0v) is 24.1. The van der Waals surface area contributed by atoms with Crippen molar-refractivity contribution in [2.45, 2.75) is 45.8 Å². The molecule has 0 radical (unpaired) electrons. The lowest BCUT2D eigenvalue weighted by molar-refractivity contribution is -0.125. The van der Waals surface area contributed by atoms with Crippen molar-refractivity contribution in [1.29, 1.82) is 0 Å². The fourth-order valence-corrected chi connectivity index (χ4v) is 3.90. The van der Waals surface area contributed by atoms with Crippen molar-refractivity contribution < 1.29 is 23.5 Å². The summed E-state index contributed by atoms with van der Waals surface area (Å²) in [4.78, 5) is 64.4. The number of halogens is 1. The van der Waals surface area contributed by atoms with Crippen LogP contribution < -0.4 is 10.9 Å². The smallest absolute Gasteiger partial charge is 0.410 e. The van der Waals surface area contributed by atoms with Crippen LogP contribution in [0.25, 0.3) is 11.2 Å². The zero-order valence-electron chi connectivity index (χ0n) is 24.1. The Morgan fingerprint density at radius 2 is 1.93 bits per heavy atom. The largest absolute Gasteiger partial charge is 0.436 e. The number of nitrogens with one attached hydrogen (secondary N) is 2. The average molecular weight is 570 g/mol. The third kappa shape index (κ3) is 8.22. The fraction of sp³-hybridized carbons (Fsp3) is 0.429. The van der Waals surface area contributed by atoms with Crippen LogP contribution in [0.1, 0.15) is 38.1 Å². The van der Waals surface area contributed by atoms with Crippen molar-refractivity contribution in [3.05, 3.63) is 64.2 Å². The van der Waals surface area contributed by atoms with E-state index in [4.69, 9.17) is 4.74 Å². The number of carbonyl (C=O) groups is 3. The molecule has 2 N–H and O–H groups in total. The van der Waals surface area contributed by atoms with Gasteiger partial charge in [-0.05, 0) is 43.4 Å². The van der Waals surface area contributed by atoms with Gasteiger partial charge < -0.3 is 29.4 Å². The number of ether oxygens (including phenoxy) is 1. The maximum Gasteiger partial charge on any atom is 0.410 e. The van der Waals surface area contributed by atoms with Crippen molar-refractivity contribution >= 4 is 34.8 Å². The number of nitrogens with zero attached hydrogens (tertiary/aromatic N) is 5. The summed E-state index contributed by atoms with van der Waals surface area (Å²) in [5, 5.41) is 2.55. The number of fused-ring (bicyclic) bond motifs is 1. The number of carbonyl (C=O) groups excluding carboxylic acids is 3. The first-order valence-corrected chi connectivity index (χ1v) is 13.1. The summed E-state index contributed by atoms with van der Waals surface area (Å²) in [6, 6.07) is 3.02. The third-order valence-corrected chi connectivity index (χ3v) is 6.03. The van der Waals surface area contributed by atoms with Crippen LogP contribution in [0.3, 0.4) is 0 Å². The van der Waals surface area contributed by atoms with E-state index in [1.807, 2.05) is 13.8 Å². The monoisotopic (exact) mass is 569 g/mol. The first-order chi connectivity index (χ1) is 19.4. The highest BCUT2D eigenvalue weighted by Gasteiger charge is 2.24. The molecule has 3 heterocycles. The third-order valence-electron chi connectivity index (χ3n) is 6.03. The Morgan fingerprint density at radius 3 is 2.59 bits per heavy atom. The van der Waals surface area contributed by atoms with E-state index in [0.29, 0.717) is 29.0 Å². The van der Waals surface area contributed by atoms with Crippen LogP contribution in [0.15, 0.2) is 41.5 Å². The molecule has 1 atom stereocenters. The van der Waals surface area contributed by atoms with Gasteiger partial charge >= 0.3 is 6.09 Å². The lowest BCUT2D eigenvalue weighted by Gasteiger charge is -2.19. The number of allylic oxidation sites excluding steroid dienone is 1. The summed E-state index contributed by atoms with van der Waals surface area (Å²) in [5.74, 6) is -0.730. The average Bonchev–Trinajstić information content (AvgIpc) is 3.32. The lowest BCUT2D eigenvalue weighted by atomic mass is 10.0. The number of H-pyrrole nitrogens is 1. The molecule has 41 heavy (non-hydrogen) atoms. The number of imidazole rings is 1. The van der Waals surface area contributed by atoms with Gasteiger partial charge in [0.1, 0.15) is 17.3 Å². The van der Waals surface area contributed by atoms with Crippen LogP contribution in [0.2, 0.25) is 0 Å². The highest BCUT2D eigenvalue weighted by molar-refractivity contribution is 5.95. The second-order valence-corrected chi connectivity index (χ2v) is 10.4. The number of anilines is 1. The Hall–Kier alpha value is -4.55. The number of amides is 3. The number of rotatable bonds is 11. The summed E-state index contributed by atoms with van der Waals surface area (Å²) in [5.41, 5.74) is 0.774. The zero-order chi connectivity index (χ0) is 30.3. The number of hydrogen-bond donors (Lipinski definition) is 2. The Balaban J connectivity index is 1.79. The van der Waals surface area contributed by atoms with Gasteiger partial charge in [0, 0.05) is 40.0 Å². The molecule has 0 aliphatic heterocycles. The highest BCUT2D eigenvalue weighted by atomic mass is 19.1. The van der Waals surface area contributed by atoms with Crippen LogP contribution in [0.5, 0.6) is 0 Å². The Bertz CT molecular complexity index is 1490. The Kier molecular flexibility index (Phi) is 10.3. The first-order valence-electron chi connectivity index (χ1n) is 13.1. The number of aromatic amines is 1. The molecule has 0 aliphatic carbocycles. The normalized spacial score (nSPS) is 12.1. The minimum Gasteiger partial charge on any atom is -0.436 e. The van der Waals surface area contributed by atoms with Gasteiger partial charge in [-0.15, -0.1) is 0 Å². The lowest BCUT2D eigenvalue weighted by Crippen LogP contribution is -2.37. The van der Waals surface area contributed by atoms with Gasteiger partial charge in [-0.2, -0.15) is 0 Å². The summed E-state index contributed by atoms with van der Waals surface area (Å²) < 4.78 is 21.1. The molecular weight excluding hydrogens is 533 g/mol. The van der Waals surface area contributed by atoms with Gasteiger partial charge in [0.2, 0.25) is 5.91 Å². The molecule has 220 valence electrons. The molecule has 0 bridgehead atoms. The van der Waals surface area contributed by atoms with E-state index in [-0.39, 0.29) is 36.9 Å². The van der Waals surface area contributed by atoms with Crippen LogP contribution in [-0.4, -0.2) is 81.5 Å². The van der Waals surface area contributed by atoms with Crippen molar-refractivity contribution in [1.82, 2.24) is 29.3 Å². The van der Waals surface area contributed by atoms with Crippen molar-refractivity contribution in [3.8, 4) is 0 Å². The molecule has 3 amide bonds. The van der Waals surface area contributed by atoms with E-state index in [9.17, 15) is 23.6 Å². The minimum absolute atomic E-state index is 0.0192. The molecule has 13 heteroatoms. The number of hydrogen-bond acceptors (Lipinski definition) is 7. The topological polar surface area (TPSA) is 143 Å². The summed E-state index contributed by atoms with van der Waals surface area (Å²) in [6.45, 7) is 3.99. The standard InChI is InChI=1S/C28H36FN7O5/c1-17(2)14-18-19(29)15-30-25-24(18)32-22(33-25)16-36-13-9-10-20(27(36)39)31-26(38)21(41-28(40)35(5)6)11-7-8-12-23(37)34(3)4/h8-10,12-13,15,17,21H,7,11,14,16H2,1-6H3,(H,31,38)(H,30,32,33)/b12-8+. The Labute approximate surface area is 237 Å². The molecule has 0 aliphatic rings. The molecule has 0 spiro atoms. The Morgan fingerprint density at radius 1 is 1.20 bits per heavy atom. The molecule has 0 fully saturated rings. The van der Waals surface area contributed by atoms with Crippen LogP contribution in [-0.2, 0) is 27.3 Å². The van der Waals surface area contributed by atoms with E-state index in [0.717, 1.165) is 6.20 Å². The van der Waals surface area contributed by atoms with Gasteiger partial charge in [-0.1, -0.05) is 19.9 Å². The van der Waals surface area contributed by atoms with Crippen molar-refractivity contribution in [2.24, 2.45) is 5.92 Å². The number of likely N-dealkylation sites (N-methyl/N-ethyl adjacent to an activating group) is 1.